The summed E-state index contributed by atoms with van der Waals surface area (Å²) in [4.78, 5) is 24.4. The number of hydrogen-bond acceptors (Lipinski definition) is 3. The highest BCUT2D eigenvalue weighted by Crippen LogP contribution is 2.19. The molecule has 0 saturated carbocycles. The maximum atomic E-state index is 13.3. The number of carbonyl (C=O) groups is 2. The third kappa shape index (κ3) is 3.26. The SMILES string of the molecule is O=C(O)[C@@H]1CCCCN1C(=O)COc1ccccc1F. The molecule has 108 valence electrons. The molecule has 1 fully saturated rings. The lowest BCUT2D eigenvalue weighted by atomic mass is 10.0. The van der Waals surface area contributed by atoms with Gasteiger partial charge in [-0.3, -0.25) is 4.79 Å². The van der Waals surface area contributed by atoms with Crippen LogP contribution in [0.3, 0.4) is 0 Å². The quantitative estimate of drug-likeness (QED) is 0.911. The van der Waals surface area contributed by atoms with E-state index < -0.39 is 23.7 Å². The Morgan fingerprint density at radius 1 is 1.35 bits per heavy atom. The summed E-state index contributed by atoms with van der Waals surface area (Å²) in [5.74, 6) is -2.00. The van der Waals surface area contributed by atoms with Crippen LogP contribution >= 0.6 is 0 Å². The first kappa shape index (κ1) is 14.3. The maximum Gasteiger partial charge on any atom is 0.326 e. The van der Waals surface area contributed by atoms with E-state index in [-0.39, 0.29) is 12.4 Å². The van der Waals surface area contributed by atoms with E-state index in [2.05, 4.69) is 0 Å². The summed E-state index contributed by atoms with van der Waals surface area (Å²) >= 11 is 0. The minimum atomic E-state index is -1.01. The van der Waals surface area contributed by atoms with Crippen molar-refractivity contribution in [1.82, 2.24) is 4.90 Å². The standard InChI is InChI=1S/C14H16FNO4/c15-10-5-1-2-7-12(10)20-9-13(17)16-8-4-3-6-11(16)14(18)19/h1-2,5,7,11H,3-4,6,8-9H2,(H,18,19)/t11-/m0/s1. The molecule has 0 unspecified atom stereocenters. The van der Waals surface area contributed by atoms with Crippen LogP contribution in [-0.4, -0.2) is 41.1 Å². The maximum absolute atomic E-state index is 13.3. The number of nitrogens with zero attached hydrogens (tertiary/aromatic N) is 1. The Labute approximate surface area is 116 Å². The number of rotatable bonds is 4. The number of hydrogen-bond donors (Lipinski definition) is 1. The summed E-state index contributed by atoms with van der Waals surface area (Å²) in [6, 6.07) is 4.98. The van der Waals surface area contributed by atoms with Crippen LogP contribution in [0.2, 0.25) is 0 Å². The number of para-hydroxylation sites is 1. The Morgan fingerprint density at radius 3 is 2.80 bits per heavy atom. The number of aliphatic carboxylic acids is 1. The van der Waals surface area contributed by atoms with E-state index in [1.54, 1.807) is 6.07 Å². The summed E-state index contributed by atoms with van der Waals surface area (Å²) in [7, 11) is 0. The number of carboxylic acid groups (broad SMARTS) is 1. The third-order valence-corrected chi connectivity index (χ3v) is 3.30. The zero-order valence-corrected chi connectivity index (χ0v) is 10.9. The van der Waals surface area contributed by atoms with Gasteiger partial charge < -0.3 is 14.7 Å². The predicted octanol–water partition coefficient (Wildman–Crippen LogP) is 1.67. The van der Waals surface area contributed by atoms with Crippen LogP contribution in [0.4, 0.5) is 4.39 Å². The largest absolute Gasteiger partial charge is 0.481 e. The Morgan fingerprint density at radius 2 is 2.10 bits per heavy atom. The molecule has 1 atom stereocenters. The molecule has 20 heavy (non-hydrogen) atoms. The zero-order valence-electron chi connectivity index (χ0n) is 10.9. The molecule has 0 aromatic heterocycles. The van der Waals surface area contributed by atoms with Crippen LogP contribution in [0.5, 0.6) is 5.75 Å². The Hall–Kier alpha value is -2.11. The Kier molecular flexibility index (Phi) is 4.55. The number of carbonyl (C=O) groups excluding carboxylic acids is 1. The minimum absolute atomic E-state index is 0.00951. The number of halogens is 1. The first-order valence-corrected chi connectivity index (χ1v) is 6.49. The molecule has 0 spiro atoms. The van der Waals surface area contributed by atoms with Crippen LogP contribution in [0.15, 0.2) is 24.3 Å². The summed E-state index contributed by atoms with van der Waals surface area (Å²) in [5, 5.41) is 9.09. The average Bonchev–Trinajstić information content (AvgIpc) is 2.46. The second-order valence-corrected chi connectivity index (χ2v) is 4.66. The molecule has 0 aliphatic carbocycles. The normalized spacial score (nSPS) is 18.6. The van der Waals surface area contributed by atoms with E-state index in [9.17, 15) is 14.0 Å². The molecule has 1 heterocycles. The van der Waals surface area contributed by atoms with Crippen LogP contribution in [0.1, 0.15) is 19.3 Å². The van der Waals surface area contributed by atoms with E-state index in [0.717, 1.165) is 12.8 Å². The molecule has 0 bridgehead atoms. The van der Waals surface area contributed by atoms with Crippen molar-refractivity contribution < 1.29 is 23.8 Å². The predicted molar refractivity (Wildman–Crippen MR) is 68.9 cm³/mol. The molecule has 2 rings (SSSR count). The summed E-state index contributed by atoms with van der Waals surface area (Å²) in [6.07, 6.45) is 2.00. The van der Waals surface area contributed by atoms with Gasteiger partial charge in [0.15, 0.2) is 18.2 Å². The first-order chi connectivity index (χ1) is 9.59. The number of amides is 1. The van der Waals surface area contributed by atoms with Crippen molar-refractivity contribution in [3.8, 4) is 5.75 Å². The lowest BCUT2D eigenvalue weighted by molar-refractivity contribution is -0.152. The van der Waals surface area contributed by atoms with E-state index in [4.69, 9.17) is 9.84 Å². The summed E-state index contributed by atoms with van der Waals surface area (Å²) in [6.45, 7) is 0.0428. The van der Waals surface area contributed by atoms with E-state index in [1.807, 2.05) is 0 Å². The molecule has 1 aromatic carbocycles. The fourth-order valence-corrected chi connectivity index (χ4v) is 2.27. The highest BCUT2D eigenvalue weighted by molar-refractivity contribution is 5.84. The first-order valence-electron chi connectivity index (χ1n) is 6.49. The van der Waals surface area contributed by atoms with Gasteiger partial charge in [0, 0.05) is 6.54 Å². The monoisotopic (exact) mass is 281 g/mol. The van der Waals surface area contributed by atoms with Gasteiger partial charge in [-0.05, 0) is 31.4 Å². The summed E-state index contributed by atoms with van der Waals surface area (Å²) in [5.41, 5.74) is 0. The van der Waals surface area contributed by atoms with Crippen molar-refractivity contribution in [1.29, 1.82) is 0 Å². The minimum Gasteiger partial charge on any atom is -0.481 e. The molecular weight excluding hydrogens is 265 g/mol. The molecule has 6 heteroatoms. The molecule has 1 aliphatic heterocycles. The molecular formula is C14H16FNO4. The smallest absolute Gasteiger partial charge is 0.326 e. The number of carboxylic acids is 1. The second-order valence-electron chi connectivity index (χ2n) is 4.66. The van der Waals surface area contributed by atoms with Crippen molar-refractivity contribution in [2.45, 2.75) is 25.3 Å². The second kappa shape index (κ2) is 6.36. The fourth-order valence-electron chi connectivity index (χ4n) is 2.27. The molecule has 1 amide bonds. The van der Waals surface area contributed by atoms with Crippen molar-refractivity contribution in [3.63, 3.8) is 0 Å². The van der Waals surface area contributed by atoms with Gasteiger partial charge in [0.1, 0.15) is 6.04 Å². The zero-order chi connectivity index (χ0) is 14.5. The molecule has 5 nitrogen and oxygen atoms in total. The molecule has 1 aliphatic rings. The lowest BCUT2D eigenvalue weighted by Gasteiger charge is -2.32. The van der Waals surface area contributed by atoms with Gasteiger partial charge in [0.05, 0.1) is 0 Å². The van der Waals surface area contributed by atoms with Gasteiger partial charge in [-0.15, -0.1) is 0 Å². The summed E-state index contributed by atoms with van der Waals surface area (Å²) < 4.78 is 18.5. The van der Waals surface area contributed by atoms with Crippen LogP contribution in [0.25, 0.3) is 0 Å². The average molecular weight is 281 g/mol. The van der Waals surface area contributed by atoms with Crippen LogP contribution < -0.4 is 4.74 Å². The third-order valence-electron chi connectivity index (χ3n) is 3.30. The van der Waals surface area contributed by atoms with Gasteiger partial charge >= 0.3 is 5.97 Å². The van der Waals surface area contributed by atoms with Gasteiger partial charge in [-0.25, -0.2) is 9.18 Å². The van der Waals surface area contributed by atoms with Crippen molar-refractivity contribution >= 4 is 11.9 Å². The Bertz CT molecular complexity index is 506. The molecule has 1 aromatic rings. The van der Waals surface area contributed by atoms with Gasteiger partial charge in [0.25, 0.3) is 5.91 Å². The van der Waals surface area contributed by atoms with E-state index in [0.29, 0.717) is 13.0 Å². The van der Waals surface area contributed by atoms with E-state index >= 15 is 0 Å². The highest BCUT2D eigenvalue weighted by Gasteiger charge is 2.32. The fraction of sp³-hybridized carbons (Fsp3) is 0.429. The number of likely N-dealkylation sites (tertiary alicyclic amines) is 1. The van der Waals surface area contributed by atoms with Crippen molar-refractivity contribution in [2.24, 2.45) is 0 Å². The van der Waals surface area contributed by atoms with Crippen molar-refractivity contribution in [3.05, 3.63) is 30.1 Å². The number of piperidine rings is 1. The molecule has 1 saturated heterocycles. The lowest BCUT2D eigenvalue weighted by Crippen LogP contribution is -2.49. The van der Waals surface area contributed by atoms with Crippen molar-refractivity contribution in [2.75, 3.05) is 13.2 Å². The van der Waals surface area contributed by atoms with E-state index in [1.165, 1.54) is 23.1 Å². The molecule has 1 N–H and O–H groups in total. The van der Waals surface area contributed by atoms with Gasteiger partial charge in [0.2, 0.25) is 0 Å². The van der Waals surface area contributed by atoms with Gasteiger partial charge in [-0.1, -0.05) is 12.1 Å². The number of benzene rings is 1. The molecule has 0 radical (unpaired) electrons. The number of ether oxygens (including phenoxy) is 1. The van der Waals surface area contributed by atoms with Gasteiger partial charge in [-0.2, -0.15) is 0 Å². The van der Waals surface area contributed by atoms with Crippen LogP contribution in [0, 0.1) is 5.82 Å². The van der Waals surface area contributed by atoms with Crippen LogP contribution in [-0.2, 0) is 9.59 Å². The Balaban J connectivity index is 1.97. The topological polar surface area (TPSA) is 66.8 Å². The highest BCUT2D eigenvalue weighted by atomic mass is 19.1.